The Hall–Kier alpha value is -2.17. The average molecular weight is 462 g/mol. The molecule has 4 heteroatoms. The molecule has 1 aromatic carbocycles. The standard InChI is InChI=1S/C30H39NO3/c1-19-16-25-27-12-14-30(34,13-5-15-32)29(27,2)18-26(20-6-8-21(9-7-20)31(3)4)28(25)23-11-10-22(33)17-24(19)23/h5-9,13,17,19,25-27,32,34H,10-12,14-16,18H2,1-4H3/b13-5-/t19-,25-,26+,27-,29-,30-/m0/s1. The fourth-order valence-electron chi connectivity index (χ4n) is 7.82. The minimum absolute atomic E-state index is 0.0452. The summed E-state index contributed by atoms with van der Waals surface area (Å²) >= 11 is 0. The maximum absolute atomic E-state index is 12.3. The summed E-state index contributed by atoms with van der Waals surface area (Å²) in [5.74, 6) is 1.69. The predicted octanol–water partition coefficient (Wildman–Crippen LogP) is 5.18. The second-order valence-electron chi connectivity index (χ2n) is 11.6. The van der Waals surface area contributed by atoms with Crippen LogP contribution in [0.2, 0.25) is 0 Å². The molecule has 1 aromatic rings. The summed E-state index contributed by atoms with van der Waals surface area (Å²) < 4.78 is 0. The van der Waals surface area contributed by atoms with Crippen LogP contribution in [0.5, 0.6) is 0 Å². The van der Waals surface area contributed by atoms with Crippen molar-refractivity contribution in [2.24, 2.45) is 23.2 Å². The first-order chi connectivity index (χ1) is 16.2. The van der Waals surface area contributed by atoms with E-state index < -0.39 is 5.60 Å². The summed E-state index contributed by atoms with van der Waals surface area (Å²) in [7, 11) is 4.12. The van der Waals surface area contributed by atoms with Crippen LogP contribution in [0.1, 0.15) is 63.9 Å². The average Bonchev–Trinajstić information content (AvgIpc) is 3.08. The Kier molecular flexibility index (Phi) is 5.89. The summed E-state index contributed by atoms with van der Waals surface area (Å²) in [6.07, 6.45) is 10.7. The van der Waals surface area contributed by atoms with Gasteiger partial charge in [0.1, 0.15) is 0 Å². The highest BCUT2D eigenvalue weighted by Gasteiger charge is 2.62. The summed E-state index contributed by atoms with van der Waals surface area (Å²) in [6.45, 7) is 4.52. The van der Waals surface area contributed by atoms with Crippen LogP contribution in [-0.2, 0) is 4.79 Å². The third-order valence-electron chi connectivity index (χ3n) is 9.62. The number of benzene rings is 1. The van der Waals surface area contributed by atoms with Crippen LogP contribution in [0.3, 0.4) is 0 Å². The number of aliphatic hydroxyl groups is 2. The van der Waals surface area contributed by atoms with Gasteiger partial charge in [-0.2, -0.15) is 0 Å². The van der Waals surface area contributed by atoms with E-state index in [1.165, 1.54) is 22.4 Å². The molecule has 0 spiro atoms. The van der Waals surface area contributed by atoms with Gasteiger partial charge in [-0.05, 0) is 84.8 Å². The lowest BCUT2D eigenvalue weighted by Crippen LogP contribution is -2.51. The Balaban J connectivity index is 1.67. The van der Waals surface area contributed by atoms with Gasteiger partial charge in [0, 0.05) is 37.5 Å². The topological polar surface area (TPSA) is 60.8 Å². The maximum Gasteiger partial charge on any atom is 0.156 e. The quantitative estimate of drug-likeness (QED) is 0.607. The third kappa shape index (κ3) is 3.53. The molecule has 34 heavy (non-hydrogen) atoms. The number of nitrogens with zero attached hydrogens (tertiary/aromatic N) is 1. The monoisotopic (exact) mass is 461 g/mol. The van der Waals surface area contributed by atoms with E-state index in [0.717, 1.165) is 32.1 Å². The molecule has 4 nitrogen and oxygen atoms in total. The lowest BCUT2D eigenvalue weighted by molar-refractivity contribution is -0.114. The van der Waals surface area contributed by atoms with Gasteiger partial charge in [0.2, 0.25) is 0 Å². The van der Waals surface area contributed by atoms with Crippen molar-refractivity contribution in [3.05, 3.63) is 64.8 Å². The van der Waals surface area contributed by atoms with Gasteiger partial charge in [-0.15, -0.1) is 0 Å². The molecule has 0 saturated heterocycles. The normalized spacial score (nSPS) is 37.4. The zero-order valence-electron chi connectivity index (χ0n) is 21.1. The minimum atomic E-state index is -0.902. The van der Waals surface area contributed by atoms with Gasteiger partial charge in [-0.3, -0.25) is 4.79 Å². The molecular formula is C30H39NO3. The number of fused-ring (bicyclic) bond motifs is 4. The molecule has 5 rings (SSSR count). The van der Waals surface area contributed by atoms with E-state index in [0.29, 0.717) is 24.2 Å². The molecule has 0 amide bonds. The number of aliphatic hydroxyl groups excluding tert-OH is 1. The highest BCUT2D eigenvalue weighted by atomic mass is 16.3. The van der Waals surface area contributed by atoms with Crippen molar-refractivity contribution in [3.8, 4) is 0 Å². The molecular weight excluding hydrogens is 422 g/mol. The first kappa shape index (κ1) is 23.6. The molecule has 2 saturated carbocycles. The molecule has 2 N–H and O–H groups in total. The Bertz CT molecular complexity index is 1070. The summed E-state index contributed by atoms with van der Waals surface area (Å²) in [6, 6.07) is 8.93. The van der Waals surface area contributed by atoms with Gasteiger partial charge in [0.05, 0.1) is 12.2 Å². The molecule has 0 radical (unpaired) electrons. The van der Waals surface area contributed by atoms with Crippen molar-refractivity contribution >= 4 is 11.5 Å². The molecule has 182 valence electrons. The van der Waals surface area contributed by atoms with Crippen LogP contribution in [0.4, 0.5) is 5.69 Å². The van der Waals surface area contributed by atoms with E-state index in [4.69, 9.17) is 0 Å². The lowest BCUT2D eigenvalue weighted by Gasteiger charge is -2.55. The van der Waals surface area contributed by atoms with E-state index in [9.17, 15) is 15.0 Å². The Morgan fingerprint density at radius 1 is 1.18 bits per heavy atom. The first-order valence-corrected chi connectivity index (χ1v) is 12.9. The molecule has 2 fully saturated rings. The van der Waals surface area contributed by atoms with Gasteiger partial charge in [0.15, 0.2) is 5.78 Å². The molecule has 0 heterocycles. The first-order valence-electron chi connectivity index (χ1n) is 12.9. The lowest BCUT2D eigenvalue weighted by atomic mass is 9.50. The predicted molar refractivity (Wildman–Crippen MR) is 137 cm³/mol. The van der Waals surface area contributed by atoms with Crippen LogP contribution >= 0.6 is 0 Å². The van der Waals surface area contributed by atoms with E-state index in [1.807, 2.05) is 12.2 Å². The number of hydrogen-bond donors (Lipinski definition) is 2. The van der Waals surface area contributed by atoms with Gasteiger partial charge < -0.3 is 15.1 Å². The zero-order chi connectivity index (χ0) is 24.3. The van der Waals surface area contributed by atoms with Crippen LogP contribution in [0, 0.1) is 23.2 Å². The van der Waals surface area contributed by atoms with Crippen molar-refractivity contribution in [1.29, 1.82) is 0 Å². The molecule has 6 atom stereocenters. The van der Waals surface area contributed by atoms with Gasteiger partial charge >= 0.3 is 0 Å². The second-order valence-corrected chi connectivity index (χ2v) is 11.6. The number of ketones is 1. The van der Waals surface area contributed by atoms with Crippen LogP contribution in [0.25, 0.3) is 0 Å². The van der Waals surface area contributed by atoms with Crippen LogP contribution in [0.15, 0.2) is 59.2 Å². The number of rotatable bonds is 4. The van der Waals surface area contributed by atoms with E-state index in [-0.39, 0.29) is 23.7 Å². The van der Waals surface area contributed by atoms with E-state index in [1.54, 1.807) is 11.6 Å². The molecule has 4 aliphatic rings. The maximum atomic E-state index is 12.3. The van der Waals surface area contributed by atoms with Crippen molar-refractivity contribution in [2.45, 2.75) is 63.9 Å². The largest absolute Gasteiger partial charge is 0.392 e. The summed E-state index contributed by atoms with van der Waals surface area (Å²) in [5, 5.41) is 21.4. The number of hydrogen-bond acceptors (Lipinski definition) is 4. The van der Waals surface area contributed by atoms with Crippen molar-refractivity contribution in [2.75, 3.05) is 25.6 Å². The Morgan fingerprint density at radius 2 is 1.91 bits per heavy atom. The highest BCUT2D eigenvalue weighted by molar-refractivity contribution is 5.93. The Morgan fingerprint density at radius 3 is 2.59 bits per heavy atom. The Labute approximate surface area is 204 Å². The van der Waals surface area contributed by atoms with Crippen molar-refractivity contribution < 1.29 is 15.0 Å². The molecule has 0 aromatic heterocycles. The number of carbonyl (C=O) groups is 1. The van der Waals surface area contributed by atoms with Gasteiger partial charge in [-0.1, -0.05) is 43.7 Å². The third-order valence-corrected chi connectivity index (χ3v) is 9.62. The smallest absolute Gasteiger partial charge is 0.156 e. The minimum Gasteiger partial charge on any atom is -0.392 e. The summed E-state index contributed by atoms with van der Waals surface area (Å²) in [4.78, 5) is 14.5. The fourth-order valence-corrected chi connectivity index (χ4v) is 7.82. The molecule has 0 unspecified atom stereocenters. The number of anilines is 1. The van der Waals surface area contributed by atoms with Crippen LogP contribution in [-0.4, -0.2) is 42.3 Å². The van der Waals surface area contributed by atoms with Crippen molar-refractivity contribution in [1.82, 2.24) is 0 Å². The molecule has 0 aliphatic heterocycles. The van der Waals surface area contributed by atoms with Crippen molar-refractivity contribution in [3.63, 3.8) is 0 Å². The molecule has 4 aliphatic carbocycles. The highest BCUT2D eigenvalue weighted by Crippen LogP contribution is 2.67. The fraction of sp³-hybridized carbons (Fsp3) is 0.567. The summed E-state index contributed by atoms with van der Waals surface area (Å²) in [5.41, 5.74) is 5.59. The zero-order valence-corrected chi connectivity index (χ0v) is 21.1. The van der Waals surface area contributed by atoms with E-state index in [2.05, 4.69) is 57.1 Å². The second kappa shape index (κ2) is 8.49. The number of allylic oxidation sites excluding steroid dienone is 4. The number of carbonyl (C=O) groups excluding carboxylic acids is 1. The van der Waals surface area contributed by atoms with Gasteiger partial charge in [0.25, 0.3) is 0 Å². The SMILES string of the molecule is C[C@H]1C[C@@H]2C(=C3CCC(=O)C=C31)[C@@H](c1ccc(N(C)C)cc1)C[C@@]1(C)[C@H]2CC[C@@]1(O)/C=C\CO. The van der Waals surface area contributed by atoms with E-state index >= 15 is 0 Å². The molecule has 0 bridgehead atoms. The van der Waals surface area contributed by atoms with Crippen LogP contribution < -0.4 is 4.90 Å². The van der Waals surface area contributed by atoms with Gasteiger partial charge in [-0.25, -0.2) is 0 Å².